The van der Waals surface area contributed by atoms with E-state index in [9.17, 15) is 9.59 Å². The fourth-order valence-corrected chi connectivity index (χ4v) is 3.61. The summed E-state index contributed by atoms with van der Waals surface area (Å²) in [7, 11) is 4.84. The molecule has 1 N–H and O–H groups in total. The highest BCUT2D eigenvalue weighted by Gasteiger charge is 2.41. The standard InChI is InChI=1S/C21H32N2O5/c1-14(2)21(25)23-12-17(16-8-7-15(27-4)11-19(16)28-5)18(13-23)20(24)22-9-6-10-26-3/h7-8,11,14,17-18H,6,9-10,12-13H2,1-5H3,(H,22,24). The van der Waals surface area contributed by atoms with Gasteiger partial charge in [0.2, 0.25) is 11.8 Å². The zero-order chi connectivity index (χ0) is 20.7. The molecule has 156 valence electrons. The number of carbonyl (C=O) groups is 2. The Balaban J connectivity index is 2.26. The van der Waals surface area contributed by atoms with E-state index in [1.165, 1.54) is 0 Å². The van der Waals surface area contributed by atoms with Gasteiger partial charge in [-0.3, -0.25) is 9.59 Å². The van der Waals surface area contributed by atoms with Gasteiger partial charge in [0.15, 0.2) is 0 Å². The number of nitrogens with one attached hydrogen (secondary N) is 1. The molecule has 1 aliphatic rings. The Bertz CT molecular complexity index is 677. The topological polar surface area (TPSA) is 77.1 Å². The fraction of sp³-hybridized carbons (Fsp3) is 0.619. The van der Waals surface area contributed by atoms with Crippen LogP contribution in [0.25, 0.3) is 0 Å². The van der Waals surface area contributed by atoms with Gasteiger partial charge in [0.05, 0.1) is 20.1 Å². The molecule has 1 aliphatic heterocycles. The fourth-order valence-electron chi connectivity index (χ4n) is 3.61. The van der Waals surface area contributed by atoms with E-state index >= 15 is 0 Å². The molecular formula is C21H32N2O5. The van der Waals surface area contributed by atoms with Crippen molar-refractivity contribution in [1.82, 2.24) is 10.2 Å². The molecule has 1 heterocycles. The number of likely N-dealkylation sites (tertiary alicyclic amines) is 1. The van der Waals surface area contributed by atoms with Crippen LogP contribution in [0.3, 0.4) is 0 Å². The lowest BCUT2D eigenvalue weighted by Gasteiger charge is -2.21. The SMILES string of the molecule is COCCCNC(=O)C1CN(C(=O)C(C)C)CC1c1ccc(OC)cc1OC. The van der Waals surface area contributed by atoms with E-state index in [0.717, 1.165) is 12.0 Å². The zero-order valence-corrected chi connectivity index (χ0v) is 17.5. The van der Waals surface area contributed by atoms with Crippen LogP contribution in [-0.4, -0.2) is 64.3 Å². The molecule has 7 nitrogen and oxygen atoms in total. The van der Waals surface area contributed by atoms with E-state index in [1.54, 1.807) is 26.2 Å². The van der Waals surface area contributed by atoms with Gasteiger partial charge in [0.25, 0.3) is 0 Å². The van der Waals surface area contributed by atoms with Crippen LogP contribution < -0.4 is 14.8 Å². The molecule has 0 bridgehead atoms. The first-order chi connectivity index (χ1) is 13.4. The lowest BCUT2D eigenvalue weighted by Crippen LogP contribution is -2.37. The van der Waals surface area contributed by atoms with Crippen molar-refractivity contribution < 1.29 is 23.8 Å². The Morgan fingerprint density at radius 3 is 2.54 bits per heavy atom. The molecule has 1 aromatic rings. The molecule has 0 aliphatic carbocycles. The van der Waals surface area contributed by atoms with Crippen LogP contribution in [-0.2, 0) is 14.3 Å². The summed E-state index contributed by atoms with van der Waals surface area (Å²) in [4.78, 5) is 27.3. The molecule has 0 saturated carbocycles. The summed E-state index contributed by atoms with van der Waals surface area (Å²) < 4.78 is 15.9. The molecule has 2 atom stereocenters. The lowest BCUT2D eigenvalue weighted by molar-refractivity contribution is -0.133. The van der Waals surface area contributed by atoms with Crippen LogP contribution >= 0.6 is 0 Å². The highest BCUT2D eigenvalue weighted by atomic mass is 16.5. The molecule has 7 heteroatoms. The highest BCUT2D eigenvalue weighted by Crippen LogP contribution is 2.39. The minimum atomic E-state index is -0.326. The average molecular weight is 392 g/mol. The van der Waals surface area contributed by atoms with Gasteiger partial charge in [0.1, 0.15) is 11.5 Å². The van der Waals surface area contributed by atoms with Gasteiger partial charge in [-0.15, -0.1) is 0 Å². The Morgan fingerprint density at radius 1 is 1.18 bits per heavy atom. The number of rotatable bonds is 9. The van der Waals surface area contributed by atoms with Crippen molar-refractivity contribution >= 4 is 11.8 Å². The third-order valence-electron chi connectivity index (χ3n) is 5.13. The first-order valence-electron chi connectivity index (χ1n) is 9.70. The largest absolute Gasteiger partial charge is 0.497 e. The third kappa shape index (κ3) is 5.16. The predicted octanol–water partition coefficient (Wildman–Crippen LogP) is 2.05. The molecule has 0 radical (unpaired) electrons. The molecular weight excluding hydrogens is 360 g/mol. The van der Waals surface area contributed by atoms with Crippen molar-refractivity contribution in [2.24, 2.45) is 11.8 Å². The Hall–Kier alpha value is -2.28. The normalized spacial score (nSPS) is 19.0. The number of hydrogen-bond acceptors (Lipinski definition) is 5. The van der Waals surface area contributed by atoms with E-state index in [1.807, 2.05) is 32.0 Å². The summed E-state index contributed by atoms with van der Waals surface area (Å²) in [5.41, 5.74) is 0.916. The van der Waals surface area contributed by atoms with E-state index in [-0.39, 0.29) is 29.6 Å². The lowest BCUT2D eigenvalue weighted by atomic mass is 9.87. The zero-order valence-electron chi connectivity index (χ0n) is 17.5. The van der Waals surface area contributed by atoms with Crippen molar-refractivity contribution in [3.63, 3.8) is 0 Å². The quantitative estimate of drug-likeness (QED) is 0.651. The number of benzene rings is 1. The molecule has 1 aromatic carbocycles. The van der Waals surface area contributed by atoms with Gasteiger partial charge >= 0.3 is 0 Å². The van der Waals surface area contributed by atoms with Crippen molar-refractivity contribution in [2.45, 2.75) is 26.2 Å². The monoisotopic (exact) mass is 392 g/mol. The maximum absolute atomic E-state index is 12.9. The van der Waals surface area contributed by atoms with Gasteiger partial charge in [-0.2, -0.15) is 0 Å². The van der Waals surface area contributed by atoms with Gasteiger partial charge in [0, 0.05) is 56.8 Å². The number of amides is 2. The maximum Gasteiger partial charge on any atom is 0.225 e. The summed E-state index contributed by atoms with van der Waals surface area (Å²) in [5, 5.41) is 2.99. The molecule has 2 amide bonds. The average Bonchev–Trinajstić information content (AvgIpc) is 3.14. The van der Waals surface area contributed by atoms with Gasteiger partial charge < -0.3 is 24.4 Å². The Morgan fingerprint density at radius 2 is 1.93 bits per heavy atom. The van der Waals surface area contributed by atoms with E-state index in [0.29, 0.717) is 37.7 Å². The van der Waals surface area contributed by atoms with Crippen LogP contribution in [0.5, 0.6) is 11.5 Å². The molecule has 28 heavy (non-hydrogen) atoms. The number of carbonyl (C=O) groups excluding carboxylic acids is 2. The maximum atomic E-state index is 12.9. The molecule has 0 aromatic heterocycles. The second-order valence-corrected chi connectivity index (χ2v) is 7.36. The summed E-state index contributed by atoms with van der Waals surface area (Å²) in [6.45, 7) is 5.81. The van der Waals surface area contributed by atoms with Crippen LogP contribution in [0.1, 0.15) is 31.7 Å². The van der Waals surface area contributed by atoms with Crippen molar-refractivity contribution in [3.8, 4) is 11.5 Å². The minimum Gasteiger partial charge on any atom is -0.497 e. The first kappa shape index (κ1) is 22.0. The number of hydrogen-bond donors (Lipinski definition) is 1. The third-order valence-corrected chi connectivity index (χ3v) is 5.13. The Labute approximate surface area is 167 Å². The number of methoxy groups -OCH3 is 3. The molecule has 1 fully saturated rings. The molecule has 1 saturated heterocycles. The van der Waals surface area contributed by atoms with E-state index < -0.39 is 0 Å². The molecule has 2 unspecified atom stereocenters. The first-order valence-corrected chi connectivity index (χ1v) is 9.70. The van der Waals surface area contributed by atoms with Gasteiger partial charge in [-0.1, -0.05) is 19.9 Å². The number of nitrogens with zero attached hydrogens (tertiary/aromatic N) is 1. The van der Waals surface area contributed by atoms with Crippen molar-refractivity contribution in [1.29, 1.82) is 0 Å². The summed E-state index contributed by atoms with van der Waals surface area (Å²) in [5.74, 6) is 0.806. The van der Waals surface area contributed by atoms with Crippen LogP contribution in [0, 0.1) is 11.8 Å². The summed E-state index contributed by atoms with van der Waals surface area (Å²) >= 11 is 0. The van der Waals surface area contributed by atoms with E-state index in [4.69, 9.17) is 14.2 Å². The van der Waals surface area contributed by atoms with Gasteiger partial charge in [-0.05, 0) is 12.5 Å². The smallest absolute Gasteiger partial charge is 0.225 e. The van der Waals surface area contributed by atoms with Crippen LogP contribution in [0.2, 0.25) is 0 Å². The Kier molecular flexibility index (Phi) is 8.11. The second kappa shape index (κ2) is 10.3. The van der Waals surface area contributed by atoms with Gasteiger partial charge in [-0.25, -0.2) is 0 Å². The molecule has 2 rings (SSSR count). The van der Waals surface area contributed by atoms with Crippen LogP contribution in [0.4, 0.5) is 0 Å². The predicted molar refractivity (Wildman–Crippen MR) is 107 cm³/mol. The summed E-state index contributed by atoms with van der Waals surface area (Å²) in [6.07, 6.45) is 0.750. The highest BCUT2D eigenvalue weighted by molar-refractivity contribution is 5.84. The van der Waals surface area contributed by atoms with Crippen LogP contribution in [0.15, 0.2) is 18.2 Å². The molecule has 0 spiro atoms. The second-order valence-electron chi connectivity index (χ2n) is 7.36. The summed E-state index contributed by atoms with van der Waals surface area (Å²) in [6, 6.07) is 5.60. The van der Waals surface area contributed by atoms with Crippen molar-refractivity contribution in [2.75, 3.05) is 47.6 Å². The number of ether oxygens (including phenoxy) is 3. The van der Waals surface area contributed by atoms with E-state index in [2.05, 4.69) is 5.32 Å². The minimum absolute atomic E-state index is 0.0435. The van der Waals surface area contributed by atoms with Crippen molar-refractivity contribution in [3.05, 3.63) is 23.8 Å².